The Kier molecular flexibility index (Phi) is 44.4. The minimum atomic E-state index is -2.36. The van der Waals surface area contributed by atoms with Crippen LogP contribution >= 0.6 is 94.1 Å². The third-order valence-electron chi connectivity index (χ3n) is 21.5. The molecule has 30 rings (SSSR count). The van der Waals surface area contributed by atoms with Crippen LogP contribution in [0.25, 0.3) is 0 Å². The molecule has 30 aliphatic heterocycles. The molecule has 30 heterocycles. The summed E-state index contributed by atoms with van der Waals surface area (Å²) in [6.45, 7) is 1.25. The highest BCUT2D eigenvalue weighted by molar-refractivity contribution is 8.01. The molecule has 16 bridgehead atoms. The Balaban J connectivity index is 1.12. The van der Waals surface area contributed by atoms with Crippen molar-refractivity contribution in [1.29, 1.82) is 0 Å². The van der Waals surface area contributed by atoms with Gasteiger partial charge in [0, 0.05) is 86.3 Å². The maximum Gasteiger partial charge on any atom is 0.316 e. The van der Waals surface area contributed by atoms with Gasteiger partial charge in [0.25, 0.3) is 0 Å². The molecular formula is C72H112O48S8. The van der Waals surface area contributed by atoms with Crippen molar-refractivity contribution in [3.63, 3.8) is 0 Å². The van der Waals surface area contributed by atoms with Crippen LogP contribution in [-0.2, 0) is 114 Å². The second kappa shape index (κ2) is 52.2. The molecule has 0 radical (unpaired) electrons. The number of hydrogen-bond acceptors (Lipinski definition) is 48. The highest BCUT2D eigenvalue weighted by Gasteiger charge is 2.61. The maximum atomic E-state index is 12.3. The van der Waals surface area contributed by atoms with Gasteiger partial charge >= 0.3 is 47.8 Å². The maximum absolute atomic E-state index is 12.3. The van der Waals surface area contributed by atoms with E-state index in [1.165, 1.54) is 6.92 Å². The van der Waals surface area contributed by atoms with Gasteiger partial charge in [-0.05, 0) is 6.92 Å². The molecular weight excluding hydrogens is 1890 g/mol. The van der Waals surface area contributed by atoms with Crippen LogP contribution < -0.4 is 0 Å². The van der Waals surface area contributed by atoms with Crippen molar-refractivity contribution >= 4 is 142 Å². The second-order valence-corrected chi connectivity index (χ2v) is 40.3. The average Bonchev–Trinajstić information content (AvgIpc) is 0.786. The van der Waals surface area contributed by atoms with E-state index in [9.17, 15) is 161 Å². The molecule has 0 aromatic rings. The first-order valence-electron chi connectivity index (χ1n) is 40.4. The van der Waals surface area contributed by atoms with Gasteiger partial charge in [0.15, 0.2) is 50.3 Å². The molecule has 0 amide bonds. The van der Waals surface area contributed by atoms with Crippen LogP contribution in [0.3, 0.4) is 0 Å². The molecule has 0 saturated carbocycles. The Morgan fingerprint density at radius 2 is 0.328 bits per heavy atom. The third kappa shape index (κ3) is 30.1. The Labute approximate surface area is 763 Å². The molecule has 4 unspecified atom stereocenters. The monoisotopic (exact) mass is 2000 g/mol. The zero-order chi connectivity index (χ0) is 93.8. The van der Waals surface area contributed by atoms with Crippen molar-refractivity contribution in [2.75, 3.05) is 86.3 Å². The number of aliphatic hydroxyl groups excluding tert-OH is 16. The van der Waals surface area contributed by atoms with Gasteiger partial charge in [-0.1, -0.05) is 0 Å². The number of aliphatic hydroxyl groups is 16. The SMILES string of the molecule is CC(SC[C@H]1O[C@@H]2O[C@H]3[C@H](O)[C@@H](O)[C@H](O[C@@H]3CSCCC(=O)O)O[C@H]3C(O)[C@@H](O)[C@@H](O[C@H]4[C@H](O)[C@@H](O)C(O[C@H]5[C@H](O)[C@@H](O)[C@@H](O[C@H]6[C@H](O)[C@@H](O)[C@H](O[C@@H]6CSCCC(=O)O)O[C@H]6C(O)[C@@H](O)[C@@H](O[C@H]7[C@H](O)[C@@H](O)[C@@H](O[C@H]1[C@H](O)[C@H]2O)O[C@@H]7CSCCC(=O)O)O[C@@H]6CSCCC(=O)O)O[C@@H]5CSCCC(=O)O)O[C@@H]4CSCCC(=O)O)O[C@@H]3CSCCC(=O)O)C(=O)O. The topological polar surface area (TPSA) is 770 Å². The first-order chi connectivity index (χ1) is 60.6. The van der Waals surface area contributed by atoms with E-state index in [1.807, 2.05) is 0 Å². The van der Waals surface area contributed by atoms with Crippen molar-refractivity contribution in [1.82, 2.24) is 0 Å². The Morgan fingerprint density at radius 1 is 0.203 bits per heavy atom. The van der Waals surface area contributed by atoms with Gasteiger partial charge in [-0.3, -0.25) is 38.4 Å². The third-order valence-corrected chi connectivity index (χ3v) is 30.1. The molecule has 24 N–H and O–H groups in total. The van der Waals surface area contributed by atoms with E-state index < -0.39 is 361 Å². The van der Waals surface area contributed by atoms with E-state index >= 15 is 0 Å². The van der Waals surface area contributed by atoms with Crippen LogP contribution in [0.1, 0.15) is 51.9 Å². The van der Waals surface area contributed by atoms with Gasteiger partial charge in [-0.15, -0.1) is 11.8 Å². The highest BCUT2D eigenvalue weighted by Crippen LogP contribution is 2.43. The Morgan fingerprint density at radius 3 is 0.445 bits per heavy atom. The lowest BCUT2D eigenvalue weighted by atomic mass is 9.95. The quantitative estimate of drug-likeness (QED) is 0.0254. The molecule has 30 aliphatic rings. The Hall–Kier alpha value is -2.72. The summed E-state index contributed by atoms with van der Waals surface area (Å²) in [4.78, 5) is 94.9. The number of hydrogen-bond donors (Lipinski definition) is 24. The molecule has 0 spiro atoms. The van der Waals surface area contributed by atoms with Crippen LogP contribution in [0.5, 0.6) is 0 Å². The first-order valence-corrected chi connectivity index (χ1v) is 49.6. The van der Waals surface area contributed by atoms with Gasteiger partial charge in [0.1, 0.15) is 146 Å². The summed E-state index contributed by atoms with van der Waals surface area (Å²) in [7, 11) is 0. The van der Waals surface area contributed by atoms with Crippen LogP contribution in [-0.4, -0.2) is 508 Å². The van der Waals surface area contributed by atoms with Crippen molar-refractivity contribution in [2.45, 2.75) is 303 Å². The number of carboxylic acid groups (broad SMARTS) is 8. The number of thioether (sulfide) groups is 8. The van der Waals surface area contributed by atoms with Crippen molar-refractivity contribution in [3.8, 4) is 0 Å². The van der Waals surface area contributed by atoms with Crippen molar-refractivity contribution in [2.24, 2.45) is 0 Å². The lowest BCUT2D eigenvalue weighted by Crippen LogP contribution is -2.69. The zero-order valence-corrected chi connectivity index (χ0v) is 74.6. The molecule has 0 aromatic carbocycles. The normalized spacial score (nSPS) is 41.8. The van der Waals surface area contributed by atoms with Crippen molar-refractivity contribution < 1.29 is 237 Å². The van der Waals surface area contributed by atoms with Crippen LogP contribution in [0.2, 0.25) is 0 Å². The molecule has 41 atom stereocenters. The molecule has 0 aromatic heterocycles. The van der Waals surface area contributed by atoms with E-state index in [-0.39, 0.29) is 69.0 Å². The lowest BCUT2D eigenvalue weighted by molar-refractivity contribution is -0.396. The van der Waals surface area contributed by atoms with Gasteiger partial charge in [-0.25, -0.2) is 0 Å². The molecule has 48 nitrogen and oxygen atoms in total. The molecule has 736 valence electrons. The predicted molar refractivity (Wildman–Crippen MR) is 441 cm³/mol. The fourth-order valence-corrected chi connectivity index (χ4v) is 22.4. The lowest BCUT2D eigenvalue weighted by Gasteiger charge is -2.51. The van der Waals surface area contributed by atoms with E-state index in [4.69, 9.17) is 75.8 Å². The molecule has 56 heteroatoms. The van der Waals surface area contributed by atoms with Crippen LogP contribution in [0, 0.1) is 0 Å². The van der Waals surface area contributed by atoms with Crippen LogP contribution in [0.4, 0.5) is 0 Å². The predicted octanol–water partition coefficient (Wildman–Crippen LogP) is -7.68. The molecule has 0 aliphatic carbocycles. The van der Waals surface area contributed by atoms with Gasteiger partial charge in [0.2, 0.25) is 0 Å². The van der Waals surface area contributed by atoms with E-state index in [1.54, 1.807) is 0 Å². The summed E-state index contributed by atoms with van der Waals surface area (Å²) in [6, 6.07) is 0. The van der Waals surface area contributed by atoms with Gasteiger partial charge in [-0.2, -0.15) is 82.3 Å². The average molecular weight is 2000 g/mol. The minimum Gasteiger partial charge on any atom is -0.481 e. The fourth-order valence-electron chi connectivity index (χ4n) is 14.6. The molecule has 30 saturated heterocycles. The fraction of sp³-hybridized carbons (Fsp3) is 0.889. The zero-order valence-electron chi connectivity index (χ0n) is 68.0. The summed E-state index contributed by atoms with van der Waals surface area (Å²) >= 11 is 6.79. The minimum absolute atomic E-state index is 0.160. The number of carbonyl (C=O) groups is 8. The number of ether oxygens (including phenoxy) is 16. The summed E-state index contributed by atoms with van der Waals surface area (Å²) in [5, 5.41) is 271. The van der Waals surface area contributed by atoms with Crippen molar-refractivity contribution in [3.05, 3.63) is 0 Å². The summed E-state index contributed by atoms with van der Waals surface area (Å²) in [5.74, 6) is -14.6. The summed E-state index contributed by atoms with van der Waals surface area (Å²) in [6.07, 6.45) is -86.0. The second-order valence-electron chi connectivity index (χ2n) is 30.8. The number of rotatable bonds is 39. The Bertz CT molecular complexity index is 3350. The van der Waals surface area contributed by atoms with E-state index in [0.717, 1.165) is 82.3 Å². The summed E-state index contributed by atoms with van der Waals surface area (Å²) in [5.41, 5.74) is 0. The van der Waals surface area contributed by atoms with E-state index in [0.29, 0.717) is 11.8 Å². The highest BCUT2D eigenvalue weighted by atomic mass is 32.2. The summed E-state index contributed by atoms with van der Waals surface area (Å²) < 4.78 is 100. The number of aliphatic carboxylic acids is 8. The standard InChI is InChI=1S/C72H112O48S8/c1-24(64(103)104)128-23-32-63-47(94)55(102)72(112-32)119-62-31(22-127-15-8-39(85)86)110-70(53(100)45(62)92)117-60-29(20-125-13-6-37(81)82)108-68(51(98)43(60)90)115-58-27(18-123-11-4-35(77)78)106-66(49(96)41(58)88)113-56-25(16-121-9-2-33(73)74)105-65(48(95)40(56)87)114-57-26(17-122-10-3-34(75)76)107-67(50(97)42(57)89)116-59-28(19-124-12-5-36(79)80)109-69(52(99)44(59)91)118-61-30(21-126-14-7-38(83)84)111-71(120-63)54(101)46(61)93/h24-32,40-63,65-72,87-102H,2-23H2,1H3,(H,73,74)(H,75,76)(H,77,78)(H,79,80)(H,81,82)(H,83,84)(H,85,86)(H,103,104)/t24?,25-,26-,27-,28-,29-,30-,31-,32-,40-,41-,42-,43?,44?,45-,46-,47-,48-,49-,50-,51-,52-,53-,54-,55-,56-,57-,58-,59-,60-,61-,62-,63-,65-,66?,67-,68-,69-,70-,71-,72-/m1/s1. The molecule has 30 fully saturated rings. The number of carboxylic acids is 8. The van der Waals surface area contributed by atoms with Gasteiger partial charge < -0.3 is 198 Å². The smallest absolute Gasteiger partial charge is 0.316 e. The van der Waals surface area contributed by atoms with Gasteiger partial charge in [0.05, 0.1) is 99.0 Å². The first kappa shape index (κ1) is 109. The largest absolute Gasteiger partial charge is 0.481 e. The van der Waals surface area contributed by atoms with E-state index in [2.05, 4.69) is 0 Å². The molecule has 128 heavy (non-hydrogen) atoms. The van der Waals surface area contributed by atoms with Crippen LogP contribution in [0.15, 0.2) is 0 Å².